The Balaban J connectivity index is 1.64. The summed E-state index contributed by atoms with van der Waals surface area (Å²) in [6.45, 7) is 3.67. The first-order valence-corrected chi connectivity index (χ1v) is 14.7. The van der Waals surface area contributed by atoms with Crippen molar-refractivity contribution in [3.05, 3.63) is 72.8 Å². The molecule has 2 aliphatic heterocycles. The Morgan fingerprint density at radius 1 is 1.26 bits per heavy atom. The second-order valence-electron chi connectivity index (χ2n) is 9.59. The standard InChI is InChI=1S/C28H29N3O4S3/c1-4-7-17(8-5-2)31-20-10-6-9-18(20)19-13-16(11-12-21(19)31)14-22-25(34)30(15-23(32)33)27(37-22)24-26(35)29(3)28(36)38-24/h4,7-8,11-14,18,20H,5-6,9-10,15H2,1-3H3,(H,32,33)/b7-4-,17-8+,22-14-,27-24+. The number of carboxylic acids is 1. The third-order valence-corrected chi connectivity index (χ3v) is 10.0. The molecule has 2 unspecified atom stereocenters. The van der Waals surface area contributed by atoms with Crippen LogP contribution in [0.2, 0.25) is 0 Å². The van der Waals surface area contributed by atoms with Crippen LogP contribution in [0.15, 0.2) is 46.9 Å². The average Bonchev–Trinajstić information content (AvgIpc) is 3.60. The van der Waals surface area contributed by atoms with Crippen LogP contribution in [-0.2, 0) is 16.1 Å². The Bertz CT molecular complexity index is 1580. The van der Waals surface area contributed by atoms with E-state index < -0.39 is 18.1 Å². The maximum absolute atomic E-state index is 13.3. The van der Waals surface area contributed by atoms with Gasteiger partial charge in [0.2, 0.25) is 0 Å². The molecule has 1 saturated carbocycles. The topological polar surface area (TPSA) is 82.8 Å². The predicted octanol–water partition coefficient (Wildman–Crippen LogP) is 3.75. The summed E-state index contributed by atoms with van der Waals surface area (Å²) < 4.78 is 2.26. The van der Waals surface area contributed by atoms with E-state index in [9.17, 15) is 19.5 Å². The molecular weight excluding hydrogens is 539 g/mol. The van der Waals surface area contributed by atoms with Crippen LogP contribution in [-0.4, -0.2) is 43.9 Å². The summed E-state index contributed by atoms with van der Waals surface area (Å²) in [7, 11) is 1.58. The minimum absolute atomic E-state index is 0.290. The van der Waals surface area contributed by atoms with E-state index >= 15 is 0 Å². The number of carbonyl (C=O) groups is 2. The van der Waals surface area contributed by atoms with E-state index in [0.29, 0.717) is 25.5 Å². The summed E-state index contributed by atoms with van der Waals surface area (Å²) in [5.41, 5.74) is 4.19. The van der Waals surface area contributed by atoms with E-state index in [2.05, 4.69) is 42.2 Å². The van der Waals surface area contributed by atoms with E-state index in [-0.39, 0.29) is 10.8 Å². The van der Waals surface area contributed by atoms with Crippen LogP contribution in [0.5, 0.6) is 0 Å². The normalized spacial score (nSPS) is 23.2. The van der Waals surface area contributed by atoms with Crippen molar-refractivity contribution in [2.75, 3.05) is 11.9 Å². The first-order chi connectivity index (χ1) is 18.2. The molecule has 2 aromatic rings. The van der Waals surface area contributed by atoms with E-state index in [1.54, 1.807) is 7.05 Å². The third kappa shape index (κ3) is 4.58. The number of hydrogen-bond acceptors (Lipinski definition) is 7. The summed E-state index contributed by atoms with van der Waals surface area (Å²) in [4.78, 5) is 41.7. The highest BCUT2D eigenvalue weighted by atomic mass is 32.2. The Labute approximate surface area is 234 Å². The van der Waals surface area contributed by atoms with Crippen molar-refractivity contribution in [3.63, 3.8) is 0 Å². The maximum Gasteiger partial charge on any atom is 0.323 e. The minimum Gasteiger partial charge on any atom is -0.480 e. The second kappa shape index (κ2) is 10.7. The molecule has 1 saturated heterocycles. The zero-order valence-corrected chi connectivity index (χ0v) is 23.9. The predicted molar refractivity (Wildman–Crippen MR) is 158 cm³/mol. The van der Waals surface area contributed by atoms with Crippen LogP contribution in [0.4, 0.5) is 5.69 Å². The van der Waals surface area contributed by atoms with Crippen LogP contribution >= 0.6 is 35.3 Å². The molecule has 0 spiro atoms. The molecule has 1 aliphatic carbocycles. The molecule has 198 valence electrons. The first kappa shape index (κ1) is 26.6. The van der Waals surface area contributed by atoms with Crippen LogP contribution in [0.25, 0.3) is 11.0 Å². The van der Waals surface area contributed by atoms with Crippen molar-refractivity contribution in [2.45, 2.75) is 58.0 Å². The van der Waals surface area contributed by atoms with Gasteiger partial charge in [-0.15, -0.1) is 11.3 Å². The summed E-state index contributed by atoms with van der Waals surface area (Å²) in [6, 6.07) is 6.74. The number of fused-ring (bicyclic) bond motifs is 3. The van der Waals surface area contributed by atoms with E-state index in [4.69, 9.17) is 12.2 Å². The Morgan fingerprint density at radius 3 is 2.71 bits per heavy atom. The second-order valence-corrected chi connectivity index (χ2v) is 12.3. The maximum atomic E-state index is 13.3. The molecule has 1 aromatic heterocycles. The Morgan fingerprint density at radius 2 is 2.05 bits per heavy atom. The Hall–Kier alpha value is -2.95. The number of benzene rings is 1. The number of allylic oxidation sites excluding steroid dienone is 3. The van der Waals surface area contributed by atoms with Crippen molar-refractivity contribution >= 4 is 68.2 Å². The Kier molecular flexibility index (Phi) is 7.48. The summed E-state index contributed by atoms with van der Waals surface area (Å²) in [6.07, 6.45) is 12.8. The van der Waals surface area contributed by atoms with Crippen molar-refractivity contribution < 1.29 is 14.7 Å². The first-order valence-electron chi connectivity index (χ1n) is 12.7. The number of aromatic nitrogens is 1. The van der Waals surface area contributed by atoms with Gasteiger partial charge in [-0.2, -0.15) is 0 Å². The smallest absolute Gasteiger partial charge is 0.323 e. The number of thiocarbonyl (C=S) groups is 1. The summed E-state index contributed by atoms with van der Waals surface area (Å²) in [5.74, 6) is -1.04. The van der Waals surface area contributed by atoms with Gasteiger partial charge in [0.1, 0.15) is 20.4 Å². The van der Waals surface area contributed by atoms with Gasteiger partial charge in [0, 0.05) is 30.4 Å². The monoisotopic (exact) mass is 567 g/mol. The van der Waals surface area contributed by atoms with Gasteiger partial charge in [-0.3, -0.25) is 23.9 Å². The highest BCUT2D eigenvalue weighted by Crippen LogP contribution is 2.51. The minimum atomic E-state index is -1.15. The zero-order valence-electron chi connectivity index (χ0n) is 21.5. The van der Waals surface area contributed by atoms with Crippen LogP contribution in [0.3, 0.4) is 0 Å². The van der Waals surface area contributed by atoms with Gasteiger partial charge in [-0.1, -0.05) is 55.5 Å². The molecule has 3 heterocycles. The van der Waals surface area contributed by atoms with E-state index in [1.165, 1.54) is 32.8 Å². The zero-order chi connectivity index (χ0) is 27.1. The SMILES string of the molecule is C/C=C\C(=C/CC)N1c2ccc(/C=c3\s/c(=C4/SC(=S)N(C)C4=O)n(CC(=O)O)c3=O)cc2C2CCCC21. The molecule has 2 atom stereocenters. The van der Waals surface area contributed by atoms with Gasteiger partial charge in [-0.05, 0) is 61.6 Å². The lowest BCUT2D eigenvalue weighted by molar-refractivity contribution is -0.137. The number of anilines is 1. The molecule has 1 aromatic carbocycles. The molecule has 5 rings (SSSR count). The van der Waals surface area contributed by atoms with E-state index in [0.717, 1.165) is 47.9 Å². The number of hydrogen-bond donors (Lipinski definition) is 1. The van der Waals surface area contributed by atoms with Gasteiger partial charge in [-0.25, -0.2) is 0 Å². The molecule has 7 nitrogen and oxygen atoms in total. The molecular formula is C28H29N3O4S3. The van der Waals surface area contributed by atoms with Crippen LogP contribution < -0.4 is 19.7 Å². The van der Waals surface area contributed by atoms with Gasteiger partial charge in [0.05, 0.1) is 4.53 Å². The number of carboxylic acid groups (broad SMARTS) is 1. The number of nitrogens with zero attached hydrogens (tertiary/aromatic N) is 3. The fourth-order valence-corrected chi connectivity index (χ4v) is 8.05. The van der Waals surface area contributed by atoms with Crippen molar-refractivity contribution in [2.24, 2.45) is 0 Å². The third-order valence-electron chi connectivity index (χ3n) is 7.21. The van der Waals surface area contributed by atoms with Crippen LogP contribution in [0, 0.1) is 0 Å². The molecule has 38 heavy (non-hydrogen) atoms. The van der Waals surface area contributed by atoms with Crippen molar-refractivity contribution in [1.82, 2.24) is 9.47 Å². The highest BCUT2D eigenvalue weighted by molar-refractivity contribution is 8.30. The number of aliphatic carboxylic acids is 1. The number of carbonyl (C=O) groups excluding carboxylic acids is 1. The van der Waals surface area contributed by atoms with Gasteiger partial charge in [0.25, 0.3) is 11.5 Å². The van der Waals surface area contributed by atoms with Crippen molar-refractivity contribution in [3.8, 4) is 0 Å². The van der Waals surface area contributed by atoms with Gasteiger partial charge in [0.15, 0.2) is 0 Å². The fraction of sp³-hybridized carbons (Fsp3) is 0.357. The van der Waals surface area contributed by atoms with Gasteiger partial charge < -0.3 is 10.0 Å². The fourth-order valence-electron chi connectivity index (χ4n) is 5.62. The largest absolute Gasteiger partial charge is 0.480 e. The number of amides is 1. The number of rotatable bonds is 6. The summed E-state index contributed by atoms with van der Waals surface area (Å²) >= 11 is 7.47. The highest BCUT2D eigenvalue weighted by Gasteiger charge is 2.42. The lowest BCUT2D eigenvalue weighted by Gasteiger charge is -2.28. The lowest BCUT2D eigenvalue weighted by Crippen LogP contribution is -2.35. The number of thiazole rings is 1. The molecule has 0 radical (unpaired) electrons. The van der Waals surface area contributed by atoms with Gasteiger partial charge >= 0.3 is 5.97 Å². The van der Waals surface area contributed by atoms with Crippen LogP contribution in [0.1, 0.15) is 56.6 Å². The molecule has 1 N–H and O–H groups in total. The molecule has 3 aliphatic rings. The molecule has 1 amide bonds. The molecule has 0 bridgehead atoms. The quantitative estimate of drug-likeness (QED) is 0.421. The van der Waals surface area contributed by atoms with Crippen molar-refractivity contribution in [1.29, 1.82) is 0 Å². The molecule has 2 fully saturated rings. The summed E-state index contributed by atoms with van der Waals surface area (Å²) in [5, 5.41) is 9.45. The molecule has 10 heteroatoms. The lowest BCUT2D eigenvalue weighted by atomic mass is 9.96. The number of thioether (sulfide) groups is 1. The van der Waals surface area contributed by atoms with E-state index in [1.807, 2.05) is 19.1 Å². The average molecular weight is 568 g/mol.